The van der Waals surface area contributed by atoms with Crippen LogP contribution in [-0.2, 0) is 4.84 Å². The van der Waals surface area contributed by atoms with Gasteiger partial charge in [0, 0.05) is 18.3 Å². The molecule has 0 saturated carbocycles. The molecule has 21 heavy (non-hydrogen) atoms. The Morgan fingerprint density at radius 3 is 2.76 bits per heavy atom. The highest BCUT2D eigenvalue weighted by Gasteiger charge is 2.13. The molecule has 0 aliphatic rings. The highest BCUT2D eigenvalue weighted by atomic mass is 19.1. The number of nitrogens with two attached hydrogens (primary N) is 1. The summed E-state index contributed by atoms with van der Waals surface area (Å²) >= 11 is 0. The zero-order valence-electron chi connectivity index (χ0n) is 12.1. The molecule has 1 unspecified atom stereocenters. The van der Waals surface area contributed by atoms with Crippen LogP contribution in [0.3, 0.4) is 0 Å². The van der Waals surface area contributed by atoms with E-state index >= 15 is 0 Å². The van der Waals surface area contributed by atoms with E-state index in [9.17, 15) is 4.39 Å². The van der Waals surface area contributed by atoms with E-state index < -0.39 is 11.9 Å². The standard InChI is InChI=1S/C14H17FN4O2/c1-9(18-20-3)10(2)21-13-5-4-11(8-12(13)15)19-7-6-14(16)17-19/h4-8,10H,1-3H3,(H2,16,17)/b18-9-. The first-order chi connectivity index (χ1) is 10.0. The number of rotatable bonds is 5. The minimum absolute atomic E-state index is 0.136. The highest BCUT2D eigenvalue weighted by molar-refractivity contribution is 5.85. The molecule has 2 aromatic rings. The molecule has 0 amide bonds. The summed E-state index contributed by atoms with van der Waals surface area (Å²) in [6.45, 7) is 3.51. The fourth-order valence-corrected chi connectivity index (χ4v) is 1.70. The van der Waals surface area contributed by atoms with Crippen LogP contribution in [0.2, 0.25) is 0 Å². The molecule has 0 spiro atoms. The predicted octanol–water partition coefficient (Wildman–Crippen LogP) is 2.38. The summed E-state index contributed by atoms with van der Waals surface area (Å²) in [4.78, 5) is 4.66. The summed E-state index contributed by atoms with van der Waals surface area (Å²) in [6.07, 6.45) is 1.26. The number of halogens is 1. The number of hydrogen-bond donors (Lipinski definition) is 1. The molecule has 2 N–H and O–H groups in total. The van der Waals surface area contributed by atoms with Crippen LogP contribution >= 0.6 is 0 Å². The van der Waals surface area contributed by atoms with Gasteiger partial charge in [0.2, 0.25) is 0 Å². The second-order valence-electron chi connectivity index (χ2n) is 4.48. The van der Waals surface area contributed by atoms with Gasteiger partial charge in [0.1, 0.15) is 19.0 Å². The number of aromatic nitrogens is 2. The Bertz CT molecular complexity index is 654. The van der Waals surface area contributed by atoms with Crippen molar-refractivity contribution in [3.63, 3.8) is 0 Å². The van der Waals surface area contributed by atoms with Crippen LogP contribution in [0.15, 0.2) is 35.6 Å². The second-order valence-corrected chi connectivity index (χ2v) is 4.48. The van der Waals surface area contributed by atoms with Crippen LogP contribution in [0, 0.1) is 5.82 Å². The van der Waals surface area contributed by atoms with Gasteiger partial charge >= 0.3 is 0 Å². The average molecular weight is 292 g/mol. The zero-order chi connectivity index (χ0) is 15.4. The van der Waals surface area contributed by atoms with Gasteiger partial charge in [0.25, 0.3) is 0 Å². The van der Waals surface area contributed by atoms with E-state index in [0.29, 0.717) is 17.2 Å². The molecular weight excluding hydrogens is 275 g/mol. The largest absolute Gasteiger partial charge is 0.482 e. The van der Waals surface area contributed by atoms with Crippen molar-refractivity contribution < 1.29 is 14.0 Å². The molecule has 0 fully saturated rings. The molecule has 0 radical (unpaired) electrons. The van der Waals surface area contributed by atoms with Crippen LogP contribution < -0.4 is 10.5 Å². The lowest BCUT2D eigenvalue weighted by Gasteiger charge is -2.15. The van der Waals surface area contributed by atoms with Gasteiger partial charge in [-0.1, -0.05) is 5.16 Å². The van der Waals surface area contributed by atoms with E-state index in [4.69, 9.17) is 10.5 Å². The normalized spacial score (nSPS) is 13.0. The lowest BCUT2D eigenvalue weighted by Crippen LogP contribution is -2.22. The Morgan fingerprint density at radius 2 is 2.19 bits per heavy atom. The first kappa shape index (κ1) is 14.8. The highest BCUT2D eigenvalue weighted by Crippen LogP contribution is 2.22. The summed E-state index contributed by atoms with van der Waals surface area (Å²) in [5, 5.41) is 7.78. The number of nitrogens with zero attached hydrogens (tertiary/aromatic N) is 3. The average Bonchev–Trinajstić information content (AvgIpc) is 2.88. The van der Waals surface area contributed by atoms with Gasteiger partial charge in [-0.2, -0.15) is 5.10 Å². The van der Waals surface area contributed by atoms with Gasteiger partial charge in [-0.15, -0.1) is 0 Å². The maximum absolute atomic E-state index is 14.1. The molecule has 0 bridgehead atoms. The van der Waals surface area contributed by atoms with Crippen molar-refractivity contribution in [3.8, 4) is 11.4 Å². The molecular formula is C14H17FN4O2. The Hall–Kier alpha value is -2.57. The lowest BCUT2D eigenvalue weighted by atomic mass is 10.2. The summed E-state index contributed by atoms with van der Waals surface area (Å²) in [5.74, 6) is 0.0198. The van der Waals surface area contributed by atoms with Crippen LogP contribution in [0.1, 0.15) is 13.8 Å². The third-order valence-corrected chi connectivity index (χ3v) is 2.92. The number of hydrogen-bond acceptors (Lipinski definition) is 5. The van der Waals surface area contributed by atoms with E-state index in [1.807, 2.05) is 0 Å². The summed E-state index contributed by atoms with van der Waals surface area (Å²) in [5.41, 5.74) is 6.71. The fourth-order valence-electron chi connectivity index (χ4n) is 1.70. The van der Waals surface area contributed by atoms with Crippen molar-refractivity contribution in [1.29, 1.82) is 0 Å². The lowest BCUT2D eigenvalue weighted by molar-refractivity contribution is 0.202. The first-order valence-corrected chi connectivity index (χ1v) is 6.36. The second kappa shape index (κ2) is 6.25. The minimum atomic E-state index is -0.487. The van der Waals surface area contributed by atoms with E-state index in [2.05, 4.69) is 15.1 Å². The third-order valence-electron chi connectivity index (χ3n) is 2.92. The Kier molecular flexibility index (Phi) is 4.42. The summed E-state index contributed by atoms with van der Waals surface area (Å²) in [7, 11) is 1.45. The fraction of sp³-hybridized carbons (Fsp3) is 0.286. The molecule has 1 aromatic carbocycles. The Morgan fingerprint density at radius 1 is 1.43 bits per heavy atom. The molecule has 6 nitrogen and oxygen atoms in total. The van der Waals surface area contributed by atoms with Crippen molar-refractivity contribution >= 4 is 11.5 Å². The maximum Gasteiger partial charge on any atom is 0.167 e. The Balaban J connectivity index is 2.18. The first-order valence-electron chi connectivity index (χ1n) is 6.36. The van der Waals surface area contributed by atoms with E-state index in [1.54, 1.807) is 38.2 Å². The van der Waals surface area contributed by atoms with Gasteiger partial charge in [-0.05, 0) is 26.0 Å². The molecule has 7 heteroatoms. The number of anilines is 1. The summed E-state index contributed by atoms with van der Waals surface area (Å²) < 4.78 is 21.1. The van der Waals surface area contributed by atoms with Crippen molar-refractivity contribution in [2.45, 2.75) is 20.0 Å². The SMILES string of the molecule is CO/N=C(/C)C(C)Oc1ccc(-n2ccc(N)n2)cc1F. The van der Waals surface area contributed by atoms with E-state index in [-0.39, 0.29) is 5.75 Å². The quantitative estimate of drug-likeness (QED) is 0.678. The van der Waals surface area contributed by atoms with E-state index in [0.717, 1.165) is 0 Å². The van der Waals surface area contributed by atoms with Gasteiger partial charge in [-0.3, -0.25) is 0 Å². The number of oxime groups is 1. The van der Waals surface area contributed by atoms with Crippen molar-refractivity contribution in [2.75, 3.05) is 12.8 Å². The molecule has 0 saturated heterocycles. The van der Waals surface area contributed by atoms with Gasteiger partial charge in [-0.25, -0.2) is 9.07 Å². The number of ether oxygens (including phenoxy) is 1. The van der Waals surface area contributed by atoms with Crippen molar-refractivity contribution in [3.05, 3.63) is 36.3 Å². The zero-order valence-corrected chi connectivity index (χ0v) is 12.1. The van der Waals surface area contributed by atoms with E-state index in [1.165, 1.54) is 17.9 Å². The molecule has 2 rings (SSSR count). The maximum atomic E-state index is 14.1. The molecule has 1 heterocycles. The molecule has 112 valence electrons. The molecule has 1 aromatic heterocycles. The van der Waals surface area contributed by atoms with Crippen molar-refractivity contribution in [1.82, 2.24) is 9.78 Å². The summed E-state index contributed by atoms with van der Waals surface area (Å²) in [6, 6.07) is 6.20. The minimum Gasteiger partial charge on any atom is -0.482 e. The van der Waals surface area contributed by atoms with Crippen molar-refractivity contribution in [2.24, 2.45) is 5.16 Å². The Labute approximate surface area is 122 Å². The third kappa shape index (κ3) is 3.50. The molecule has 1 atom stereocenters. The van der Waals surface area contributed by atoms with Gasteiger partial charge in [0.05, 0.1) is 11.4 Å². The van der Waals surface area contributed by atoms with Gasteiger partial charge in [0.15, 0.2) is 11.6 Å². The van der Waals surface area contributed by atoms with Crippen LogP contribution in [0.25, 0.3) is 5.69 Å². The van der Waals surface area contributed by atoms with Crippen LogP contribution in [0.5, 0.6) is 5.75 Å². The smallest absolute Gasteiger partial charge is 0.167 e. The monoisotopic (exact) mass is 292 g/mol. The molecule has 0 aliphatic carbocycles. The number of nitrogen functional groups attached to an aromatic ring is 1. The van der Waals surface area contributed by atoms with Crippen LogP contribution in [0.4, 0.5) is 10.2 Å². The van der Waals surface area contributed by atoms with Crippen LogP contribution in [-0.4, -0.2) is 28.7 Å². The van der Waals surface area contributed by atoms with Gasteiger partial charge < -0.3 is 15.3 Å². The predicted molar refractivity (Wildman–Crippen MR) is 78.1 cm³/mol. The number of benzene rings is 1. The topological polar surface area (TPSA) is 74.7 Å². The molecule has 0 aliphatic heterocycles.